The van der Waals surface area contributed by atoms with Gasteiger partial charge in [-0.05, 0) is 36.5 Å². The van der Waals surface area contributed by atoms with Crippen molar-refractivity contribution in [3.63, 3.8) is 0 Å². The SMILES string of the molecule is Nc1nc(-c2ccc(F)cc2)c(N=C=S)s1. The third-order valence-electron chi connectivity index (χ3n) is 1.89. The van der Waals surface area contributed by atoms with Crippen LogP contribution in [0.3, 0.4) is 0 Å². The molecule has 2 rings (SSSR count). The van der Waals surface area contributed by atoms with E-state index in [1.54, 1.807) is 12.1 Å². The fourth-order valence-electron chi connectivity index (χ4n) is 1.24. The lowest BCUT2D eigenvalue weighted by atomic mass is 10.1. The summed E-state index contributed by atoms with van der Waals surface area (Å²) in [5.41, 5.74) is 6.93. The minimum atomic E-state index is -0.299. The molecule has 0 spiro atoms. The molecule has 0 amide bonds. The zero-order valence-electron chi connectivity index (χ0n) is 7.98. The topological polar surface area (TPSA) is 51.3 Å². The second-order valence-electron chi connectivity index (χ2n) is 2.92. The van der Waals surface area contributed by atoms with E-state index in [2.05, 4.69) is 27.4 Å². The van der Waals surface area contributed by atoms with Gasteiger partial charge in [0.05, 0.1) is 5.16 Å². The minimum absolute atomic E-state index is 0.299. The molecule has 2 aromatic rings. The van der Waals surface area contributed by atoms with Gasteiger partial charge in [0.25, 0.3) is 0 Å². The second-order valence-corrected chi connectivity index (χ2v) is 4.11. The van der Waals surface area contributed by atoms with Gasteiger partial charge in [-0.3, -0.25) is 0 Å². The molecule has 2 N–H and O–H groups in total. The zero-order chi connectivity index (χ0) is 11.5. The van der Waals surface area contributed by atoms with Crippen molar-refractivity contribution in [2.24, 2.45) is 4.99 Å². The number of nitrogen functional groups attached to an aromatic ring is 1. The molecule has 0 radical (unpaired) electrons. The molecule has 0 bridgehead atoms. The van der Waals surface area contributed by atoms with Crippen molar-refractivity contribution in [3.8, 4) is 11.3 Å². The molecule has 3 nitrogen and oxygen atoms in total. The number of rotatable bonds is 2. The predicted octanol–water partition coefficient (Wildman–Crippen LogP) is 3.27. The first-order chi connectivity index (χ1) is 7.70. The van der Waals surface area contributed by atoms with Crippen LogP contribution < -0.4 is 5.73 Å². The Balaban J connectivity index is 2.54. The van der Waals surface area contributed by atoms with Crippen LogP contribution in [0.5, 0.6) is 0 Å². The van der Waals surface area contributed by atoms with E-state index >= 15 is 0 Å². The Labute approximate surface area is 100 Å². The van der Waals surface area contributed by atoms with Gasteiger partial charge in [0.15, 0.2) is 10.1 Å². The summed E-state index contributed by atoms with van der Waals surface area (Å²) in [4.78, 5) is 8.00. The lowest BCUT2D eigenvalue weighted by molar-refractivity contribution is 0.628. The number of hydrogen-bond donors (Lipinski definition) is 1. The lowest BCUT2D eigenvalue weighted by Crippen LogP contribution is -1.83. The molecule has 1 aromatic carbocycles. The highest BCUT2D eigenvalue weighted by molar-refractivity contribution is 7.78. The van der Waals surface area contributed by atoms with E-state index in [9.17, 15) is 4.39 Å². The van der Waals surface area contributed by atoms with E-state index in [0.717, 1.165) is 5.56 Å². The van der Waals surface area contributed by atoms with Gasteiger partial charge in [-0.15, -0.1) is 0 Å². The largest absolute Gasteiger partial charge is 0.375 e. The van der Waals surface area contributed by atoms with Crippen molar-refractivity contribution < 1.29 is 4.39 Å². The number of thiazole rings is 1. The number of nitrogens with zero attached hydrogens (tertiary/aromatic N) is 2. The summed E-state index contributed by atoms with van der Waals surface area (Å²) >= 11 is 5.75. The smallest absolute Gasteiger partial charge is 0.182 e. The molecule has 0 aliphatic rings. The normalized spacial score (nSPS) is 9.81. The van der Waals surface area contributed by atoms with Gasteiger partial charge in [0.1, 0.15) is 11.5 Å². The number of halogens is 1. The molecular formula is C10H6FN3S2. The van der Waals surface area contributed by atoms with Crippen LogP contribution in [0.4, 0.5) is 14.5 Å². The number of anilines is 1. The summed E-state index contributed by atoms with van der Waals surface area (Å²) in [6, 6.07) is 5.95. The van der Waals surface area contributed by atoms with Gasteiger partial charge in [-0.2, -0.15) is 4.99 Å². The molecule has 0 fully saturated rings. The van der Waals surface area contributed by atoms with E-state index in [0.29, 0.717) is 15.8 Å². The Morgan fingerprint density at radius 3 is 2.69 bits per heavy atom. The summed E-state index contributed by atoms with van der Waals surface area (Å²) in [6.45, 7) is 0. The highest BCUT2D eigenvalue weighted by Crippen LogP contribution is 2.36. The van der Waals surface area contributed by atoms with Crippen molar-refractivity contribution in [2.45, 2.75) is 0 Å². The van der Waals surface area contributed by atoms with Crippen molar-refractivity contribution in [1.82, 2.24) is 4.98 Å². The molecule has 0 aliphatic carbocycles. The molecule has 1 aromatic heterocycles. The standard InChI is InChI=1S/C10H6FN3S2/c11-7-3-1-6(2-4-7)8-9(13-5-15)16-10(12)14-8/h1-4H,(H2,12,14). The van der Waals surface area contributed by atoms with E-state index in [-0.39, 0.29) is 5.82 Å². The average molecular weight is 251 g/mol. The Hall–Kier alpha value is -1.62. The van der Waals surface area contributed by atoms with E-state index in [1.165, 1.54) is 23.5 Å². The molecule has 0 saturated heterocycles. The highest BCUT2D eigenvalue weighted by atomic mass is 32.1. The minimum Gasteiger partial charge on any atom is -0.375 e. The van der Waals surface area contributed by atoms with Gasteiger partial charge < -0.3 is 5.73 Å². The fourth-order valence-corrected chi connectivity index (χ4v) is 2.08. The lowest BCUT2D eigenvalue weighted by Gasteiger charge is -1.96. The molecule has 16 heavy (non-hydrogen) atoms. The Morgan fingerprint density at radius 1 is 1.38 bits per heavy atom. The van der Waals surface area contributed by atoms with Gasteiger partial charge in [0.2, 0.25) is 0 Å². The molecular weight excluding hydrogens is 245 g/mol. The molecule has 0 atom stereocenters. The average Bonchev–Trinajstić information content (AvgIpc) is 2.61. The zero-order valence-corrected chi connectivity index (χ0v) is 9.61. The van der Waals surface area contributed by atoms with Crippen LogP contribution >= 0.6 is 23.6 Å². The number of hydrogen-bond acceptors (Lipinski definition) is 5. The van der Waals surface area contributed by atoms with Crippen LogP contribution in [0.25, 0.3) is 11.3 Å². The first-order valence-electron chi connectivity index (χ1n) is 4.31. The Kier molecular flexibility index (Phi) is 3.05. The van der Waals surface area contributed by atoms with E-state index in [4.69, 9.17) is 5.73 Å². The molecule has 0 saturated carbocycles. The van der Waals surface area contributed by atoms with Crippen molar-refractivity contribution >= 4 is 38.8 Å². The quantitative estimate of drug-likeness (QED) is 0.658. The van der Waals surface area contributed by atoms with Gasteiger partial charge in [-0.1, -0.05) is 11.3 Å². The summed E-state index contributed by atoms with van der Waals surface area (Å²) in [5, 5.41) is 3.24. The van der Waals surface area contributed by atoms with Crippen molar-refractivity contribution in [2.75, 3.05) is 5.73 Å². The highest BCUT2D eigenvalue weighted by Gasteiger charge is 2.10. The molecule has 80 valence electrons. The first-order valence-corrected chi connectivity index (χ1v) is 5.53. The van der Waals surface area contributed by atoms with Crippen LogP contribution in [-0.4, -0.2) is 10.1 Å². The number of aliphatic imine (C=N–C) groups is 1. The maximum atomic E-state index is 12.8. The van der Waals surface area contributed by atoms with Crippen molar-refractivity contribution in [3.05, 3.63) is 30.1 Å². The van der Waals surface area contributed by atoms with Crippen molar-refractivity contribution in [1.29, 1.82) is 0 Å². The molecule has 1 heterocycles. The van der Waals surface area contributed by atoms with E-state index in [1.807, 2.05) is 0 Å². The van der Waals surface area contributed by atoms with Gasteiger partial charge in [0, 0.05) is 5.56 Å². The van der Waals surface area contributed by atoms with Gasteiger partial charge >= 0.3 is 0 Å². The summed E-state index contributed by atoms with van der Waals surface area (Å²) in [5.74, 6) is -0.299. The fraction of sp³-hybridized carbons (Fsp3) is 0. The summed E-state index contributed by atoms with van der Waals surface area (Å²) in [7, 11) is 0. The third-order valence-corrected chi connectivity index (χ3v) is 2.76. The predicted molar refractivity (Wildman–Crippen MR) is 66.6 cm³/mol. The molecule has 0 aliphatic heterocycles. The number of thiocarbonyl (C=S) groups is 1. The monoisotopic (exact) mass is 251 g/mol. The first kappa shape index (κ1) is 10.9. The number of aromatic nitrogens is 1. The number of nitrogens with two attached hydrogens (primary N) is 1. The number of isothiocyanates is 1. The van der Waals surface area contributed by atoms with Crippen LogP contribution in [0, 0.1) is 5.82 Å². The maximum Gasteiger partial charge on any atom is 0.182 e. The summed E-state index contributed by atoms with van der Waals surface area (Å²) < 4.78 is 12.8. The van der Waals surface area contributed by atoms with Crippen LogP contribution in [-0.2, 0) is 0 Å². The van der Waals surface area contributed by atoms with Gasteiger partial charge in [-0.25, -0.2) is 9.37 Å². The number of benzene rings is 1. The Morgan fingerprint density at radius 2 is 2.06 bits per heavy atom. The van der Waals surface area contributed by atoms with E-state index < -0.39 is 0 Å². The maximum absolute atomic E-state index is 12.8. The summed E-state index contributed by atoms with van der Waals surface area (Å²) in [6.07, 6.45) is 0. The molecule has 6 heteroatoms. The van der Waals surface area contributed by atoms with Crippen LogP contribution in [0.15, 0.2) is 29.3 Å². The van der Waals surface area contributed by atoms with Crippen LogP contribution in [0.2, 0.25) is 0 Å². The molecule has 0 unspecified atom stereocenters. The Bertz CT molecular complexity index is 556. The second kappa shape index (κ2) is 4.49. The van der Waals surface area contributed by atoms with Crippen LogP contribution in [0.1, 0.15) is 0 Å². The third kappa shape index (κ3) is 2.14.